The molecule has 0 N–H and O–H groups in total. The van der Waals surface area contributed by atoms with Gasteiger partial charge in [0.05, 0.1) is 22.8 Å². The normalized spacial score (nSPS) is 11.5. The van der Waals surface area contributed by atoms with Gasteiger partial charge in [-0.2, -0.15) is 0 Å². The summed E-state index contributed by atoms with van der Waals surface area (Å²) in [5.41, 5.74) is 22.6. The van der Waals surface area contributed by atoms with Crippen molar-refractivity contribution in [3.63, 3.8) is 0 Å². The number of benzene rings is 10. The van der Waals surface area contributed by atoms with Gasteiger partial charge in [-0.25, -0.2) is 9.97 Å². The van der Waals surface area contributed by atoms with Crippen molar-refractivity contribution in [1.29, 1.82) is 0 Å². The molecular weight excluding hydrogens is 901 g/mol. The Morgan fingerprint density at radius 1 is 0.203 bits per heavy atom. The van der Waals surface area contributed by atoms with Crippen LogP contribution in [0.15, 0.2) is 276 Å². The van der Waals surface area contributed by atoms with E-state index in [2.05, 4.69) is 237 Å². The van der Waals surface area contributed by atoms with E-state index in [1.54, 1.807) is 0 Å². The van der Waals surface area contributed by atoms with Gasteiger partial charge in [-0.15, -0.1) is 0 Å². The zero-order valence-electron chi connectivity index (χ0n) is 40.1. The number of furan rings is 2. The Morgan fingerprint density at radius 3 is 1.24 bits per heavy atom. The molecule has 4 heteroatoms. The van der Waals surface area contributed by atoms with Crippen LogP contribution in [-0.2, 0) is 0 Å². The molecule has 0 aliphatic rings. The maximum atomic E-state index is 6.55. The second-order valence-electron chi connectivity index (χ2n) is 18.9. The molecule has 0 bridgehead atoms. The molecule has 0 aliphatic carbocycles. The Balaban J connectivity index is 0.759. The van der Waals surface area contributed by atoms with Crippen molar-refractivity contribution in [2.45, 2.75) is 0 Å². The van der Waals surface area contributed by atoms with E-state index in [0.717, 1.165) is 145 Å². The number of nitrogens with zero attached hydrogens (tertiary/aromatic N) is 2. The highest BCUT2D eigenvalue weighted by atomic mass is 16.3. The molecule has 0 atom stereocenters. The van der Waals surface area contributed by atoms with Crippen LogP contribution in [0, 0.1) is 0 Å². The molecule has 14 rings (SSSR count). The molecule has 0 unspecified atom stereocenters. The van der Waals surface area contributed by atoms with Crippen molar-refractivity contribution in [3.05, 3.63) is 267 Å². The first kappa shape index (κ1) is 42.9. The summed E-state index contributed by atoms with van der Waals surface area (Å²) >= 11 is 0. The second-order valence-corrected chi connectivity index (χ2v) is 18.9. The van der Waals surface area contributed by atoms with Crippen LogP contribution in [0.25, 0.3) is 145 Å². The monoisotopic (exact) mass is 944 g/mol. The Bertz CT molecular complexity index is 4330. The molecule has 0 saturated heterocycles. The lowest BCUT2D eigenvalue weighted by molar-refractivity contribution is 0.669. The highest BCUT2D eigenvalue weighted by Crippen LogP contribution is 2.40. The molecule has 10 aromatic carbocycles. The number of hydrogen-bond acceptors (Lipinski definition) is 4. The molecule has 0 radical (unpaired) electrons. The van der Waals surface area contributed by atoms with Crippen molar-refractivity contribution in [2.75, 3.05) is 0 Å². The van der Waals surface area contributed by atoms with Crippen molar-refractivity contribution in [2.24, 2.45) is 0 Å². The van der Waals surface area contributed by atoms with Gasteiger partial charge in [0.15, 0.2) is 0 Å². The molecule has 14 aromatic rings. The summed E-state index contributed by atoms with van der Waals surface area (Å²) in [5, 5.41) is 4.43. The van der Waals surface area contributed by atoms with E-state index in [4.69, 9.17) is 18.8 Å². The molecule has 4 nitrogen and oxygen atoms in total. The molecular formula is C70H44N2O2. The van der Waals surface area contributed by atoms with E-state index < -0.39 is 0 Å². The zero-order chi connectivity index (χ0) is 49.0. The van der Waals surface area contributed by atoms with E-state index >= 15 is 0 Å². The molecule has 4 heterocycles. The summed E-state index contributed by atoms with van der Waals surface area (Å²) in [5.74, 6) is 0. The largest absolute Gasteiger partial charge is 0.456 e. The summed E-state index contributed by atoms with van der Waals surface area (Å²) in [6.07, 6.45) is 0. The van der Waals surface area contributed by atoms with E-state index in [9.17, 15) is 0 Å². The minimum atomic E-state index is 0.855. The summed E-state index contributed by atoms with van der Waals surface area (Å²) in [6, 6.07) is 94.0. The average Bonchev–Trinajstić information content (AvgIpc) is 4.06. The van der Waals surface area contributed by atoms with Gasteiger partial charge >= 0.3 is 0 Å². The highest BCUT2D eigenvalue weighted by molar-refractivity contribution is 6.10. The summed E-state index contributed by atoms with van der Waals surface area (Å²) in [7, 11) is 0. The van der Waals surface area contributed by atoms with E-state index in [-0.39, 0.29) is 0 Å². The molecule has 4 aromatic heterocycles. The zero-order valence-corrected chi connectivity index (χ0v) is 40.1. The third-order valence-corrected chi connectivity index (χ3v) is 14.3. The van der Waals surface area contributed by atoms with E-state index in [1.165, 1.54) is 0 Å². The van der Waals surface area contributed by atoms with E-state index in [0.29, 0.717) is 0 Å². The number of aromatic nitrogens is 2. The van der Waals surface area contributed by atoms with Crippen LogP contribution < -0.4 is 0 Å². The lowest BCUT2D eigenvalue weighted by Gasteiger charge is -2.12. The summed E-state index contributed by atoms with van der Waals surface area (Å²) < 4.78 is 12.9. The van der Waals surface area contributed by atoms with Crippen LogP contribution in [0.3, 0.4) is 0 Å². The van der Waals surface area contributed by atoms with Crippen LogP contribution >= 0.6 is 0 Å². The van der Waals surface area contributed by atoms with E-state index in [1.807, 2.05) is 30.3 Å². The SMILES string of the molecule is c1ccc(-c2cc(-c3ccc(-c4cccc5c4oc4ccccc45)cc3)cc(-c3ccc(-c4ccc5c(c4)oc4ccc(-c6cccc(-c7cc(-c8ccccc8)nc(-c8ccccc8)c7)c6)cc45)cc3)n2)cc1. The standard InChI is InChI=1S/C70H44N2O2/c1-4-14-48(15-5-1)63-40-56(46-26-30-47(31-27-46)58-23-13-24-61-59-22-10-11-25-67(59)74-70(58)61)41-66(72-63)51-32-28-45(29-33-51)55-34-36-60-62-39-54(35-37-68(62)73-69(60)44-55)52-20-12-21-53(38-52)57-42-64(49-16-6-2-7-17-49)71-65(43-57)50-18-8-3-9-19-50/h1-44H. The number of pyridine rings is 2. The minimum Gasteiger partial charge on any atom is -0.456 e. The van der Waals surface area contributed by atoms with Gasteiger partial charge in [0, 0.05) is 49.4 Å². The fourth-order valence-electron chi connectivity index (χ4n) is 10.5. The summed E-state index contributed by atoms with van der Waals surface area (Å²) in [6.45, 7) is 0. The van der Waals surface area contributed by atoms with Gasteiger partial charge in [-0.1, -0.05) is 206 Å². The van der Waals surface area contributed by atoms with Crippen molar-refractivity contribution < 1.29 is 8.83 Å². The first-order chi connectivity index (χ1) is 36.6. The molecule has 0 amide bonds. The van der Waals surface area contributed by atoms with Crippen molar-refractivity contribution in [3.8, 4) is 101 Å². The predicted octanol–water partition coefficient (Wildman–Crippen LogP) is 19.3. The van der Waals surface area contributed by atoms with Crippen LogP contribution in [0.5, 0.6) is 0 Å². The number of fused-ring (bicyclic) bond motifs is 6. The highest BCUT2D eigenvalue weighted by Gasteiger charge is 2.16. The Hall–Kier alpha value is -9.90. The molecule has 0 fully saturated rings. The first-order valence-electron chi connectivity index (χ1n) is 25.0. The first-order valence-corrected chi connectivity index (χ1v) is 25.0. The summed E-state index contributed by atoms with van der Waals surface area (Å²) in [4.78, 5) is 10.3. The van der Waals surface area contributed by atoms with Gasteiger partial charge in [0.1, 0.15) is 22.3 Å². The van der Waals surface area contributed by atoms with Gasteiger partial charge in [-0.05, 0) is 111 Å². The fourth-order valence-corrected chi connectivity index (χ4v) is 10.5. The van der Waals surface area contributed by atoms with Crippen LogP contribution in [0.4, 0.5) is 0 Å². The second kappa shape index (κ2) is 18.1. The van der Waals surface area contributed by atoms with Gasteiger partial charge < -0.3 is 8.83 Å². The van der Waals surface area contributed by atoms with Crippen molar-refractivity contribution >= 4 is 43.9 Å². The van der Waals surface area contributed by atoms with Gasteiger partial charge in [0.25, 0.3) is 0 Å². The Labute approximate surface area is 428 Å². The maximum absolute atomic E-state index is 6.55. The molecule has 74 heavy (non-hydrogen) atoms. The lowest BCUT2D eigenvalue weighted by Crippen LogP contribution is -1.91. The van der Waals surface area contributed by atoms with Gasteiger partial charge in [-0.3, -0.25) is 0 Å². The number of rotatable bonds is 9. The van der Waals surface area contributed by atoms with Crippen molar-refractivity contribution in [1.82, 2.24) is 9.97 Å². The Morgan fingerprint density at radius 2 is 0.608 bits per heavy atom. The van der Waals surface area contributed by atoms with Crippen LogP contribution in [-0.4, -0.2) is 9.97 Å². The lowest BCUT2D eigenvalue weighted by atomic mass is 9.95. The number of para-hydroxylation sites is 2. The quantitative estimate of drug-likeness (QED) is 0.145. The van der Waals surface area contributed by atoms with Crippen LogP contribution in [0.2, 0.25) is 0 Å². The molecule has 0 spiro atoms. The fraction of sp³-hybridized carbons (Fsp3) is 0. The number of hydrogen-bond donors (Lipinski definition) is 0. The van der Waals surface area contributed by atoms with Crippen LogP contribution in [0.1, 0.15) is 0 Å². The Kier molecular flexibility index (Phi) is 10.5. The topological polar surface area (TPSA) is 52.1 Å². The average molecular weight is 945 g/mol. The maximum Gasteiger partial charge on any atom is 0.143 e. The smallest absolute Gasteiger partial charge is 0.143 e. The molecule has 0 aliphatic heterocycles. The third kappa shape index (κ3) is 7.92. The minimum absolute atomic E-state index is 0.855. The van der Waals surface area contributed by atoms with Gasteiger partial charge in [0.2, 0.25) is 0 Å². The molecule has 346 valence electrons. The predicted molar refractivity (Wildman–Crippen MR) is 306 cm³/mol. The molecule has 0 saturated carbocycles. The third-order valence-electron chi connectivity index (χ3n) is 14.3.